The predicted molar refractivity (Wildman–Crippen MR) is 91.2 cm³/mol. The van der Waals surface area contributed by atoms with Gasteiger partial charge in [0.05, 0.1) is 23.6 Å². The Morgan fingerprint density at radius 1 is 1.04 bits per heavy atom. The van der Waals surface area contributed by atoms with Crippen LogP contribution in [0.2, 0.25) is 0 Å². The van der Waals surface area contributed by atoms with Gasteiger partial charge in [-0.05, 0) is 19.1 Å². The van der Waals surface area contributed by atoms with Crippen molar-refractivity contribution in [3.8, 4) is 0 Å². The van der Waals surface area contributed by atoms with Gasteiger partial charge in [-0.3, -0.25) is 0 Å². The van der Waals surface area contributed by atoms with Crippen LogP contribution in [0.25, 0.3) is 10.8 Å². The second-order valence-electron chi connectivity index (χ2n) is 6.01. The number of aliphatic hydroxyl groups excluding tert-OH is 2. The first-order valence-corrected chi connectivity index (χ1v) is 8.67. The Hall–Kier alpha value is -1.67. The average molecular weight is 338 g/mol. The normalized spacial score (nSPS) is 12.6. The number of nitrogens with zero attached hydrogens (tertiary/aromatic N) is 1. The third-order valence-electron chi connectivity index (χ3n) is 3.71. The van der Waals surface area contributed by atoms with Gasteiger partial charge in [0.2, 0.25) is 10.0 Å². The van der Waals surface area contributed by atoms with Crippen LogP contribution in [-0.2, 0) is 10.0 Å². The number of hydrogen-bond acceptors (Lipinski definition) is 5. The molecule has 0 radical (unpaired) electrons. The summed E-state index contributed by atoms with van der Waals surface area (Å²) < 4.78 is 27.8. The lowest BCUT2D eigenvalue weighted by atomic mass is 10.1. The second kappa shape index (κ2) is 6.45. The molecule has 23 heavy (non-hydrogen) atoms. The van der Waals surface area contributed by atoms with E-state index < -0.39 is 28.8 Å². The molecule has 0 aromatic heterocycles. The van der Waals surface area contributed by atoms with Gasteiger partial charge in [-0.15, -0.1) is 0 Å². The lowest BCUT2D eigenvalue weighted by Gasteiger charge is -2.26. The van der Waals surface area contributed by atoms with E-state index in [-0.39, 0.29) is 4.90 Å². The van der Waals surface area contributed by atoms with Crippen molar-refractivity contribution in [1.29, 1.82) is 0 Å². The van der Waals surface area contributed by atoms with Gasteiger partial charge in [0.25, 0.3) is 0 Å². The predicted octanol–water partition coefficient (Wildman–Crippen LogP) is 0.927. The number of anilines is 1. The summed E-state index contributed by atoms with van der Waals surface area (Å²) in [6.45, 7) is 0.438. The molecular formula is C16H22N2O4S. The molecule has 0 aliphatic heterocycles. The van der Waals surface area contributed by atoms with E-state index in [1.165, 1.54) is 13.0 Å². The Morgan fingerprint density at radius 3 is 2.17 bits per heavy atom. The number of hydrogen-bond donors (Lipinski definition) is 3. The Morgan fingerprint density at radius 2 is 1.61 bits per heavy atom. The average Bonchev–Trinajstić information content (AvgIpc) is 2.53. The number of aliphatic hydroxyl groups is 2. The monoisotopic (exact) mass is 338 g/mol. The van der Waals surface area contributed by atoms with Crippen molar-refractivity contribution in [3.63, 3.8) is 0 Å². The summed E-state index contributed by atoms with van der Waals surface area (Å²) in [6, 6.07) is 10.5. The number of rotatable bonds is 6. The molecule has 0 bridgehead atoms. The first-order valence-electron chi connectivity index (χ1n) is 7.19. The van der Waals surface area contributed by atoms with Crippen LogP contribution in [0.15, 0.2) is 41.3 Å². The maximum atomic E-state index is 12.7. The molecule has 7 heteroatoms. The molecule has 3 N–H and O–H groups in total. The fourth-order valence-corrected chi connectivity index (χ4v) is 4.00. The van der Waals surface area contributed by atoms with Crippen molar-refractivity contribution >= 4 is 26.5 Å². The van der Waals surface area contributed by atoms with Crippen LogP contribution < -0.4 is 9.62 Å². The van der Waals surface area contributed by atoms with Crippen molar-refractivity contribution in [2.75, 3.05) is 32.2 Å². The minimum Gasteiger partial charge on any atom is -0.394 e. The summed E-state index contributed by atoms with van der Waals surface area (Å²) in [4.78, 5) is 2.03. The van der Waals surface area contributed by atoms with Crippen molar-refractivity contribution in [2.24, 2.45) is 0 Å². The highest BCUT2D eigenvalue weighted by Crippen LogP contribution is 2.30. The topological polar surface area (TPSA) is 89.9 Å². The van der Waals surface area contributed by atoms with Crippen LogP contribution in [-0.4, -0.2) is 51.5 Å². The number of nitrogens with one attached hydrogen (secondary N) is 1. The van der Waals surface area contributed by atoms with Crippen LogP contribution in [0, 0.1) is 0 Å². The summed E-state index contributed by atoms with van der Waals surface area (Å²) in [5.74, 6) is 0. The van der Waals surface area contributed by atoms with Gasteiger partial charge < -0.3 is 15.1 Å². The minimum absolute atomic E-state index is 0.117. The summed E-state index contributed by atoms with van der Waals surface area (Å²) in [6.07, 6.45) is 0. The van der Waals surface area contributed by atoms with Gasteiger partial charge in [-0.1, -0.05) is 24.3 Å². The molecule has 0 amide bonds. The third-order valence-corrected chi connectivity index (χ3v) is 5.41. The summed E-state index contributed by atoms with van der Waals surface area (Å²) >= 11 is 0. The van der Waals surface area contributed by atoms with Gasteiger partial charge in [0.1, 0.15) is 0 Å². The molecular weight excluding hydrogens is 316 g/mol. The fraction of sp³-hybridized carbons (Fsp3) is 0.375. The van der Waals surface area contributed by atoms with Crippen LogP contribution in [0.3, 0.4) is 0 Å². The van der Waals surface area contributed by atoms with Gasteiger partial charge in [-0.2, -0.15) is 0 Å². The SMILES string of the molecule is CN(C)c1cccc2c(S(=O)(=O)NC(C)(CO)CO)cccc12. The highest BCUT2D eigenvalue weighted by Gasteiger charge is 2.30. The van der Waals surface area contributed by atoms with Crippen molar-refractivity contribution in [3.05, 3.63) is 36.4 Å². The first kappa shape index (κ1) is 17.7. The largest absolute Gasteiger partial charge is 0.394 e. The highest BCUT2D eigenvalue weighted by molar-refractivity contribution is 7.89. The Balaban J connectivity index is 2.62. The van der Waals surface area contributed by atoms with Crippen LogP contribution >= 0.6 is 0 Å². The molecule has 0 atom stereocenters. The molecule has 6 nitrogen and oxygen atoms in total. The fourth-order valence-electron chi connectivity index (χ4n) is 2.38. The first-order chi connectivity index (χ1) is 10.7. The number of sulfonamides is 1. The molecule has 0 fully saturated rings. The van der Waals surface area contributed by atoms with E-state index in [1.807, 2.05) is 31.1 Å². The molecule has 126 valence electrons. The van der Waals surface area contributed by atoms with E-state index in [9.17, 15) is 18.6 Å². The molecule has 0 unspecified atom stereocenters. The molecule has 0 aliphatic rings. The third kappa shape index (κ3) is 3.48. The Labute approximate surface area is 136 Å². The highest BCUT2D eigenvalue weighted by atomic mass is 32.2. The maximum absolute atomic E-state index is 12.7. The Kier molecular flexibility index (Phi) is 4.95. The van der Waals surface area contributed by atoms with Gasteiger partial charge in [0, 0.05) is 30.6 Å². The zero-order chi connectivity index (χ0) is 17.3. The van der Waals surface area contributed by atoms with Crippen molar-refractivity contribution in [2.45, 2.75) is 17.4 Å². The summed E-state index contributed by atoms with van der Waals surface area (Å²) in [7, 11) is -0.116. The van der Waals surface area contributed by atoms with E-state index in [0.29, 0.717) is 5.39 Å². The quantitative estimate of drug-likeness (QED) is 0.729. The van der Waals surface area contributed by atoms with E-state index in [1.54, 1.807) is 18.2 Å². The molecule has 0 saturated carbocycles. The second-order valence-corrected chi connectivity index (χ2v) is 7.66. The van der Waals surface area contributed by atoms with E-state index in [4.69, 9.17) is 0 Å². The zero-order valence-corrected chi connectivity index (χ0v) is 14.3. The molecule has 2 rings (SSSR count). The molecule has 0 heterocycles. The van der Waals surface area contributed by atoms with Gasteiger partial charge >= 0.3 is 0 Å². The standard InChI is InChI=1S/C16H22N2O4S/c1-16(10-19,11-20)17-23(21,22)15-9-5-6-12-13(15)7-4-8-14(12)18(2)3/h4-9,17,19-20H,10-11H2,1-3H3. The van der Waals surface area contributed by atoms with Crippen molar-refractivity contribution < 1.29 is 18.6 Å². The lowest BCUT2D eigenvalue weighted by molar-refractivity contribution is 0.122. The van der Waals surface area contributed by atoms with Crippen LogP contribution in [0.4, 0.5) is 5.69 Å². The van der Waals surface area contributed by atoms with Crippen LogP contribution in [0.1, 0.15) is 6.92 Å². The molecule has 0 saturated heterocycles. The molecule has 2 aromatic rings. The lowest BCUT2D eigenvalue weighted by Crippen LogP contribution is -2.51. The minimum atomic E-state index is -3.90. The van der Waals surface area contributed by atoms with Crippen molar-refractivity contribution in [1.82, 2.24) is 4.72 Å². The number of benzene rings is 2. The Bertz CT molecular complexity index is 799. The molecule has 0 spiro atoms. The van der Waals surface area contributed by atoms with E-state index in [0.717, 1.165) is 11.1 Å². The molecule has 0 aliphatic carbocycles. The zero-order valence-electron chi connectivity index (χ0n) is 13.4. The van der Waals surface area contributed by atoms with Gasteiger partial charge in [-0.25, -0.2) is 13.1 Å². The molecule has 2 aromatic carbocycles. The summed E-state index contributed by atoms with van der Waals surface area (Å²) in [5.41, 5.74) is -0.410. The van der Waals surface area contributed by atoms with E-state index >= 15 is 0 Å². The number of fused-ring (bicyclic) bond motifs is 1. The van der Waals surface area contributed by atoms with Crippen LogP contribution in [0.5, 0.6) is 0 Å². The maximum Gasteiger partial charge on any atom is 0.241 e. The van der Waals surface area contributed by atoms with Gasteiger partial charge in [0.15, 0.2) is 0 Å². The summed E-state index contributed by atoms with van der Waals surface area (Å²) in [5, 5.41) is 20.1. The smallest absolute Gasteiger partial charge is 0.241 e. The van der Waals surface area contributed by atoms with E-state index in [2.05, 4.69) is 4.72 Å².